The minimum atomic E-state index is -0.949. The second kappa shape index (κ2) is 6.81. The number of methoxy groups -OCH3 is 1. The van der Waals surface area contributed by atoms with Crippen molar-refractivity contribution in [3.8, 4) is 17.2 Å². The number of hydrogen-bond acceptors (Lipinski definition) is 5. The summed E-state index contributed by atoms with van der Waals surface area (Å²) in [6, 6.07) is 8.84. The monoisotopic (exact) mass is 294 g/mol. The zero-order valence-corrected chi connectivity index (χ0v) is 11.7. The molecule has 20 heavy (non-hydrogen) atoms. The fourth-order valence-electron chi connectivity index (χ4n) is 1.56. The van der Waals surface area contributed by atoms with E-state index in [0.717, 1.165) is 11.3 Å². The molecule has 6 heteroatoms. The summed E-state index contributed by atoms with van der Waals surface area (Å²) in [6.45, 7) is 0.673. The van der Waals surface area contributed by atoms with Crippen LogP contribution < -0.4 is 14.2 Å². The standard InChI is InChI=1S/C14H14O5S/c1-17-11-4-2-3-5-12(11)19-7-6-18-10-8-13(14(15)16)20-9-10/h2-5,8-9H,6-7H2,1H3,(H,15,16). The van der Waals surface area contributed by atoms with E-state index in [2.05, 4.69) is 0 Å². The minimum Gasteiger partial charge on any atom is -0.493 e. The number of benzene rings is 1. The molecule has 0 aliphatic rings. The Kier molecular flexibility index (Phi) is 4.84. The molecular weight excluding hydrogens is 280 g/mol. The SMILES string of the molecule is COc1ccccc1OCCOc1csc(C(=O)O)c1. The molecule has 0 fully saturated rings. The van der Waals surface area contributed by atoms with Crippen LogP contribution in [-0.2, 0) is 0 Å². The van der Waals surface area contributed by atoms with E-state index in [1.165, 1.54) is 6.07 Å². The molecule has 0 bridgehead atoms. The highest BCUT2D eigenvalue weighted by atomic mass is 32.1. The third-order valence-electron chi connectivity index (χ3n) is 2.46. The fraction of sp³-hybridized carbons (Fsp3) is 0.214. The first-order valence-electron chi connectivity index (χ1n) is 5.91. The zero-order chi connectivity index (χ0) is 14.4. The highest BCUT2D eigenvalue weighted by molar-refractivity contribution is 7.12. The number of thiophene rings is 1. The largest absolute Gasteiger partial charge is 0.493 e. The van der Waals surface area contributed by atoms with Crippen LogP contribution in [0.5, 0.6) is 17.2 Å². The van der Waals surface area contributed by atoms with Crippen molar-refractivity contribution in [2.75, 3.05) is 20.3 Å². The topological polar surface area (TPSA) is 65.0 Å². The van der Waals surface area contributed by atoms with Crippen molar-refractivity contribution >= 4 is 17.3 Å². The van der Waals surface area contributed by atoms with Crippen LogP contribution >= 0.6 is 11.3 Å². The predicted octanol–water partition coefficient (Wildman–Crippen LogP) is 2.91. The van der Waals surface area contributed by atoms with Crippen molar-refractivity contribution in [3.05, 3.63) is 40.6 Å². The van der Waals surface area contributed by atoms with Crippen LogP contribution in [0, 0.1) is 0 Å². The van der Waals surface area contributed by atoms with Crippen LogP contribution in [0.3, 0.4) is 0 Å². The van der Waals surface area contributed by atoms with Crippen LogP contribution in [0.2, 0.25) is 0 Å². The molecule has 2 rings (SSSR count). The Labute approximate surface area is 120 Å². The van der Waals surface area contributed by atoms with Gasteiger partial charge >= 0.3 is 5.97 Å². The van der Waals surface area contributed by atoms with Crippen LogP contribution in [0.25, 0.3) is 0 Å². The van der Waals surface area contributed by atoms with Gasteiger partial charge in [-0.1, -0.05) is 12.1 Å². The van der Waals surface area contributed by atoms with E-state index in [1.54, 1.807) is 12.5 Å². The molecule has 1 aromatic carbocycles. The molecule has 106 valence electrons. The molecule has 0 spiro atoms. The zero-order valence-electron chi connectivity index (χ0n) is 10.9. The normalized spacial score (nSPS) is 10.1. The number of carboxylic acids is 1. The number of carboxylic acid groups (broad SMARTS) is 1. The fourth-order valence-corrected chi connectivity index (χ4v) is 2.22. The summed E-state index contributed by atoms with van der Waals surface area (Å²) >= 11 is 1.13. The number of carbonyl (C=O) groups is 1. The van der Waals surface area contributed by atoms with Gasteiger partial charge in [-0.05, 0) is 12.1 Å². The Bertz CT molecular complexity index is 578. The second-order valence-corrected chi connectivity index (χ2v) is 4.71. The van der Waals surface area contributed by atoms with Gasteiger partial charge in [-0.2, -0.15) is 0 Å². The van der Waals surface area contributed by atoms with Gasteiger partial charge in [-0.25, -0.2) is 4.79 Å². The van der Waals surface area contributed by atoms with Crippen LogP contribution in [0.4, 0.5) is 0 Å². The van der Waals surface area contributed by atoms with E-state index < -0.39 is 5.97 Å². The van der Waals surface area contributed by atoms with Gasteiger partial charge in [0, 0.05) is 11.4 Å². The van der Waals surface area contributed by atoms with Crippen molar-refractivity contribution in [3.63, 3.8) is 0 Å². The number of para-hydroxylation sites is 2. The number of aromatic carboxylic acids is 1. The average molecular weight is 294 g/mol. The molecule has 0 saturated carbocycles. The van der Waals surface area contributed by atoms with E-state index in [-0.39, 0.29) is 4.88 Å². The Hall–Kier alpha value is -2.21. The first-order chi connectivity index (χ1) is 9.70. The first kappa shape index (κ1) is 14.2. The Morgan fingerprint density at radius 2 is 1.90 bits per heavy atom. The van der Waals surface area contributed by atoms with E-state index in [1.807, 2.05) is 24.3 Å². The van der Waals surface area contributed by atoms with Crippen molar-refractivity contribution in [1.29, 1.82) is 0 Å². The molecule has 1 N–H and O–H groups in total. The highest BCUT2D eigenvalue weighted by Crippen LogP contribution is 2.26. The Balaban J connectivity index is 1.80. The van der Waals surface area contributed by atoms with Gasteiger partial charge in [0.1, 0.15) is 23.8 Å². The molecule has 5 nitrogen and oxygen atoms in total. The maximum absolute atomic E-state index is 10.7. The lowest BCUT2D eigenvalue weighted by Gasteiger charge is -2.10. The van der Waals surface area contributed by atoms with Crippen LogP contribution in [0.15, 0.2) is 35.7 Å². The molecule has 1 aromatic heterocycles. The summed E-state index contributed by atoms with van der Waals surface area (Å²) in [5, 5.41) is 10.5. The van der Waals surface area contributed by atoms with Crippen LogP contribution in [-0.4, -0.2) is 31.4 Å². The van der Waals surface area contributed by atoms with Crippen molar-refractivity contribution < 1.29 is 24.1 Å². The Morgan fingerprint density at radius 1 is 1.20 bits per heavy atom. The van der Waals surface area contributed by atoms with Crippen molar-refractivity contribution in [1.82, 2.24) is 0 Å². The summed E-state index contributed by atoms with van der Waals surface area (Å²) in [5.41, 5.74) is 0. The number of ether oxygens (including phenoxy) is 3. The molecule has 0 unspecified atom stereocenters. The van der Waals surface area contributed by atoms with E-state index in [4.69, 9.17) is 19.3 Å². The van der Waals surface area contributed by atoms with Gasteiger partial charge in [0.15, 0.2) is 11.5 Å². The second-order valence-electron chi connectivity index (χ2n) is 3.80. The lowest BCUT2D eigenvalue weighted by atomic mass is 10.3. The van der Waals surface area contributed by atoms with E-state index in [9.17, 15) is 4.79 Å². The van der Waals surface area contributed by atoms with Gasteiger partial charge in [-0.15, -0.1) is 11.3 Å². The molecule has 0 aliphatic heterocycles. The average Bonchev–Trinajstić information content (AvgIpc) is 2.93. The van der Waals surface area contributed by atoms with Gasteiger partial charge in [-0.3, -0.25) is 0 Å². The molecule has 0 radical (unpaired) electrons. The summed E-state index contributed by atoms with van der Waals surface area (Å²) in [5.74, 6) is 0.900. The smallest absolute Gasteiger partial charge is 0.346 e. The lowest BCUT2D eigenvalue weighted by molar-refractivity contribution is 0.0702. The Morgan fingerprint density at radius 3 is 2.55 bits per heavy atom. The third-order valence-corrected chi connectivity index (χ3v) is 3.36. The molecule has 0 aliphatic carbocycles. The van der Waals surface area contributed by atoms with Crippen LogP contribution in [0.1, 0.15) is 9.67 Å². The maximum Gasteiger partial charge on any atom is 0.346 e. The predicted molar refractivity (Wildman–Crippen MR) is 75.3 cm³/mol. The van der Waals surface area contributed by atoms with Gasteiger partial charge in [0.2, 0.25) is 0 Å². The summed E-state index contributed by atoms with van der Waals surface area (Å²) in [7, 11) is 1.58. The van der Waals surface area contributed by atoms with E-state index >= 15 is 0 Å². The quantitative estimate of drug-likeness (QED) is 0.795. The van der Waals surface area contributed by atoms with E-state index in [0.29, 0.717) is 30.5 Å². The van der Waals surface area contributed by atoms with Crippen molar-refractivity contribution in [2.24, 2.45) is 0 Å². The van der Waals surface area contributed by atoms with Gasteiger partial charge in [0.05, 0.1) is 7.11 Å². The lowest BCUT2D eigenvalue weighted by Crippen LogP contribution is -2.09. The van der Waals surface area contributed by atoms with Crippen molar-refractivity contribution in [2.45, 2.75) is 0 Å². The number of hydrogen-bond donors (Lipinski definition) is 1. The molecular formula is C14H14O5S. The minimum absolute atomic E-state index is 0.255. The molecule has 0 atom stereocenters. The number of rotatable bonds is 7. The molecule has 1 heterocycles. The maximum atomic E-state index is 10.7. The summed E-state index contributed by atoms with van der Waals surface area (Å²) < 4.78 is 16.1. The summed E-state index contributed by atoms with van der Waals surface area (Å²) in [4.78, 5) is 11.0. The molecule has 0 amide bonds. The van der Waals surface area contributed by atoms with Gasteiger partial charge < -0.3 is 19.3 Å². The molecule has 0 saturated heterocycles. The first-order valence-corrected chi connectivity index (χ1v) is 6.79. The highest BCUT2D eigenvalue weighted by Gasteiger charge is 2.07. The third kappa shape index (κ3) is 3.64. The summed E-state index contributed by atoms with van der Waals surface area (Å²) in [6.07, 6.45) is 0. The van der Waals surface area contributed by atoms with Gasteiger partial charge in [0.25, 0.3) is 0 Å². The molecule has 2 aromatic rings.